The Morgan fingerprint density at radius 3 is 2.14 bits per heavy atom. The van der Waals surface area contributed by atoms with Crippen molar-refractivity contribution in [2.24, 2.45) is 0 Å². The third kappa shape index (κ3) is 2.22. The summed E-state index contributed by atoms with van der Waals surface area (Å²) < 4.78 is 0. The minimum absolute atomic E-state index is 0.851. The summed E-state index contributed by atoms with van der Waals surface area (Å²) in [6.45, 7) is 4.24. The van der Waals surface area contributed by atoms with Crippen molar-refractivity contribution in [3.63, 3.8) is 0 Å². The molecule has 1 fully saturated rings. The highest BCUT2D eigenvalue weighted by Crippen LogP contribution is 2.17. The van der Waals surface area contributed by atoms with Crippen LogP contribution in [0.5, 0.6) is 0 Å². The van der Waals surface area contributed by atoms with Crippen molar-refractivity contribution in [1.82, 2.24) is 9.97 Å². The molecule has 1 aromatic heterocycles. The topological polar surface area (TPSA) is 29.0 Å². The van der Waals surface area contributed by atoms with Gasteiger partial charge in [0.15, 0.2) is 0 Å². The zero-order valence-corrected chi connectivity index (χ0v) is 8.74. The lowest BCUT2D eigenvalue weighted by molar-refractivity contribution is 0.726. The molecule has 0 atom stereocenters. The minimum Gasteiger partial charge on any atom is -0.369 e. The summed E-state index contributed by atoms with van der Waals surface area (Å²) in [6, 6.07) is 0. The van der Waals surface area contributed by atoms with Gasteiger partial charge in [-0.2, -0.15) is 0 Å². The van der Waals surface area contributed by atoms with E-state index in [9.17, 15) is 0 Å². The number of anilines is 1. The van der Waals surface area contributed by atoms with Crippen LogP contribution >= 0.6 is 0 Å². The predicted molar refractivity (Wildman–Crippen MR) is 57.5 cm³/mol. The molecule has 76 valence electrons. The van der Waals surface area contributed by atoms with Crippen LogP contribution in [-0.4, -0.2) is 23.1 Å². The van der Waals surface area contributed by atoms with E-state index in [-0.39, 0.29) is 0 Å². The Kier molecular flexibility index (Phi) is 2.96. The number of nitrogens with zero attached hydrogens (tertiary/aromatic N) is 3. The maximum Gasteiger partial charge on any atom is 0.125 e. The van der Waals surface area contributed by atoms with Crippen molar-refractivity contribution >= 4 is 5.69 Å². The molecule has 1 aliphatic rings. The normalized spacial score (nSPS) is 17.9. The molecular formula is C11H17N3. The van der Waals surface area contributed by atoms with Crippen molar-refractivity contribution < 1.29 is 0 Å². The number of aryl methyl sites for hydroxylation is 1. The van der Waals surface area contributed by atoms with Crippen molar-refractivity contribution in [3.05, 3.63) is 18.2 Å². The van der Waals surface area contributed by atoms with Gasteiger partial charge in [0.05, 0.1) is 18.1 Å². The second-order valence-electron chi connectivity index (χ2n) is 3.89. The second kappa shape index (κ2) is 4.40. The molecule has 1 aliphatic heterocycles. The first-order valence-corrected chi connectivity index (χ1v) is 5.40. The first-order valence-electron chi connectivity index (χ1n) is 5.40. The lowest BCUT2D eigenvalue weighted by Gasteiger charge is -2.21. The van der Waals surface area contributed by atoms with Gasteiger partial charge in [0.2, 0.25) is 0 Å². The maximum atomic E-state index is 4.23. The van der Waals surface area contributed by atoms with Crippen LogP contribution in [0.4, 0.5) is 5.69 Å². The molecule has 0 saturated carbocycles. The first-order chi connectivity index (χ1) is 6.86. The molecule has 1 aromatic rings. The summed E-state index contributed by atoms with van der Waals surface area (Å²) in [6.07, 6.45) is 9.20. The van der Waals surface area contributed by atoms with Crippen molar-refractivity contribution in [2.45, 2.75) is 32.6 Å². The molecule has 0 N–H and O–H groups in total. The van der Waals surface area contributed by atoms with Crippen LogP contribution in [0, 0.1) is 6.92 Å². The van der Waals surface area contributed by atoms with Gasteiger partial charge in [-0.15, -0.1) is 0 Å². The summed E-state index contributed by atoms with van der Waals surface area (Å²) in [4.78, 5) is 10.9. The fourth-order valence-electron chi connectivity index (χ4n) is 1.88. The monoisotopic (exact) mass is 191 g/mol. The van der Waals surface area contributed by atoms with E-state index in [1.54, 1.807) is 0 Å². The van der Waals surface area contributed by atoms with Gasteiger partial charge in [-0.25, -0.2) is 9.97 Å². The fraction of sp³-hybridized carbons (Fsp3) is 0.636. The Labute approximate surface area is 85.2 Å². The molecule has 2 rings (SSSR count). The van der Waals surface area contributed by atoms with Gasteiger partial charge >= 0.3 is 0 Å². The standard InChI is InChI=1S/C11H17N3/c1-10-12-8-11(9-13-10)14-6-4-2-3-5-7-14/h8-9H,2-7H2,1H3. The number of hydrogen-bond donors (Lipinski definition) is 0. The van der Waals surface area contributed by atoms with Gasteiger partial charge in [0.25, 0.3) is 0 Å². The molecule has 0 amide bonds. The molecule has 0 spiro atoms. The average molecular weight is 191 g/mol. The van der Waals surface area contributed by atoms with Crippen molar-refractivity contribution in [1.29, 1.82) is 0 Å². The zero-order valence-electron chi connectivity index (χ0n) is 8.74. The van der Waals surface area contributed by atoms with Crippen LogP contribution in [0.15, 0.2) is 12.4 Å². The van der Waals surface area contributed by atoms with E-state index in [4.69, 9.17) is 0 Å². The van der Waals surface area contributed by atoms with Gasteiger partial charge in [-0.05, 0) is 19.8 Å². The minimum atomic E-state index is 0.851. The van der Waals surface area contributed by atoms with E-state index in [1.807, 2.05) is 19.3 Å². The fourth-order valence-corrected chi connectivity index (χ4v) is 1.88. The summed E-state index contributed by atoms with van der Waals surface area (Å²) in [7, 11) is 0. The predicted octanol–water partition coefficient (Wildman–Crippen LogP) is 2.17. The maximum absolute atomic E-state index is 4.23. The van der Waals surface area contributed by atoms with Crippen LogP contribution in [0.2, 0.25) is 0 Å². The van der Waals surface area contributed by atoms with Gasteiger partial charge in [0.1, 0.15) is 5.82 Å². The molecule has 14 heavy (non-hydrogen) atoms. The van der Waals surface area contributed by atoms with Crippen molar-refractivity contribution in [3.8, 4) is 0 Å². The number of rotatable bonds is 1. The lowest BCUT2D eigenvalue weighted by Crippen LogP contribution is -2.24. The lowest BCUT2D eigenvalue weighted by atomic mass is 10.2. The molecule has 3 heteroatoms. The van der Waals surface area contributed by atoms with Gasteiger partial charge in [0, 0.05) is 13.1 Å². The van der Waals surface area contributed by atoms with Crippen LogP contribution in [0.25, 0.3) is 0 Å². The summed E-state index contributed by atoms with van der Waals surface area (Å²) in [5, 5.41) is 0. The SMILES string of the molecule is Cc1ncc(N2CCCCCC2)cn1. The van der Waals surface area contributed by atoms with Gasteiger partial charge in [-0.3, -0.25) is 0 Å². The Morgan fingerprint density at radius 1 is 1.00 bits per heavy atom. The van der Waals surface area contributed by atoms with E-state index in [1.165, 1.54) is 31.4 Å². The highest BCUT2D eigenvalue weighted by Gasteiger charge is 2.09. The summed E-state index contributed by atoms with van der Waals surface area (Å²) >= 11 is 0. The third-order valence-corrected chi connectivity index (χ3v) is 2.74. The third-order valence-electron chi connectivity index (χ3n) is 2.74. The van der Waals surface area contributed by atoms with Crippen LogP contribution < -0.4 is 4.90 Å². The van der Waals surface area contributed by atoms with Gasteiger partial charge in [-0.1, -0.05) is 12.8 Å². The summed E-state index contributed by atoms with van der Waals surface area (Å²) in [5.74, 6) is 0.851. The number of aromatic nitrogens is 2. The highest BCUT2D eigenvalue weighted by atomic mass is 15.1. The second-order valence-corrected chi connectivity index (χ2v) is 3.89. The molecule has 2 heterocycles. The summed E-state index contributed by atoms with van der Waals surface area (Å²) in [5.41, 5.74) is 1.18. The molecule has 0 unspecified atom stereocenters. The molecule has 3 nitrogen and oxygen atoms in total. The number of hydrogen-bond acceptors (Lipinski definition) is 3. The molecule has 0 aliphatic carbocycles. The highest BCUT2D eigenvalue weighted by molar-refractivity contribution is 5.41. The van der Waals surface area contributed by atoms with Gasteiger partial charge < -0.3 is 4.90 Å². The largest absolute Gasteiger partial charge is 0.369 e. The van der Waals surface area contributed by atoms with E-state index < -0.39 is 0 Å². The Hall–Kier alpha value is -1.12. The van der Waals surface area contributed by atoms with E-state index in [0.717, 1.165) is 18.9 Å². The molecule has 1 saturated heterocycles. The molecule has 0 aromatic carbocycles. The molecule has 0 bridgehead atoms. The quantitative estimate of drug-likeness (QED) is 0.681. The van der Waals surface area contributed by atoms with Crippen molar-refractivity contribution in [2.75, 3.05) is 18.0 Å². The smallest absolute Gasteiger partial charge is 0.125 e. The van der Waals surface area contributed by atoms with Crippen LogP contribution in [0.1, 0.15) is 31.5 Å². The van der Waals surface area contributed by atoms with E-state index >= 15 is 0 Å². The zero-order chi connectivity index (χ0) is 9.80. The van der Waals surface area contributed by atoms with E-state index in [2.05, 4.69) is 14.9 Å². The Bertz CT molecular complexity index is 273. The van der Waals surface area contributed by atoms with Crippen LogP contribution in [-0.2, 0) is 0 Å². The Balaban J connectivity index is 2.08. The molecule has 0 radical (unpaired) electrons. The first kappa shape index (κ1) is 9.44. The Morgan fingerprint density at radius 2 is 1.57 bits per heavy atom. The van der Waals surface area contributed by atoms with Crippen LogP contribution in [0.3, 0.4) is 0 Å². The van der Waals surface area contributed by atoms with E-state index in [0.29, 0.717) is 0 Å². The molecular weight excluding hydrogens is 174 g/mol. The average Bonchev–Trinajstić information content (AvgIpc) is 2.47.